The second-order valence-electron chi connectivity index (χ2n) is 16.2. The molecule has 0 saturated carbocycles. The fourth-order valence-corrected chi connectivity index (χ4v) is 13.1. The molecule has 13 aromatic rings. The summed E-state index contributed by atoms with van der Waals surface area (Å²) >= 11 is 0.0995. The standard InChI is InChI=1S/C60H36Se/c1-3-20-40-37(16-1)18-13-30-43(40)57-47-24-7-5-22-45(47)56(46-23-6-8-25-48(46)57)39-34-35-42-53-32-15-33-54(60(53)61-55(42)36-39)59-51-28-11-9-26-49(51)58(50-27-10-12-29-52(50)59)44-31-14-19-38-17-2-4-21-41(38)44/h1-36H. The molecule has 61 heavy (non-hydrogen) atoms. The van der Waals surface area contributed by atoms with E-state index in [2.05, 4.69) is 218 Å². The predicted molar refractivity (Wildman–Crippen MR) is 265 cm³/mol. The van der Waals surface area contributed by atoms with Crippen LogP contribution in [0.1, 0.15) is 0 Å². The Bertz CT molecular complexity index is 3820. The molecule has 0 atom stereocenters. The first kappa shape index (κ1) is 34.6. The van der Waals surface area contributed by atoms with Crippen molar-refractivity contribution in [2.45, 2.75) is 0 Å². The quantitative estimate of drug-likeness (QED) is 0.122. The minimum absolute atomic E-state index is 0.0995. The van der Waals surface area contributed by atoms with Gasteiger partial charge in [-0.25, -0.2) is 0 Å². The Morgan fingerprint density at radius 2 is 0.574 bits per heavy atom. The van der Waals surface area contributed by atoms with Crippen molar-refractivity contribution in [1.82, 2.24) is 0 Å². The van der Waals surface area contributed by atoms with Crippen molar-refractivity contribution in [3.63, 3.8) is 0 Å². The van der Waals surface area contributed by atoms with Crippen molar-refractivity contribution in [1.29, 1.82) is 0 Å². The van der Waals surface area contributed by atoms with Crippen LogP contribution in [0.25, 0.3) is 128 Å². The fourth-order valence-electron chi connectivity index (χ4n) is 10.5. The van der Waals surface area contributed by atoms with Gasteiger partial charge in [-0.1, -0.05) is 0 Å². The Labute approximate surface area is 359 Å². The van der Waals surface area contributed by atoms with Gasteiger partial charge in [0.15, 0.2) is 0 Å². The van der Waals surface area contributed by atoms with E-state index in [-0.39, 0.29) is 14.5 Å². The zero-order valence-corrected chi connectivity index (χ0v) is 34.9. The number of fused-ring (bicyclic) bond motifs is 9. The third-order valence-corrected chi connectivity index (χ3v) is 15.6. The fraction of sp³-hybridized carbons (Fsp3) is 0. The molecule has 12 aromatic carbocycles. The average Bonchev–Trinajstić information content (AvgIpc) is 3.70. The second kappa shape index (κ2) is 13.6. The van der Waals surface area contributed by atoms with Crippen LogP contribution in [-0.4, -0.2) is 14.5 Å². The molecule has 0 spiro atoms. The number of hydrogen-bond acceptors (Lipinski definition) is 0. The van der Waals surface area contributed by atoms with Crippen LogP contribution < -0.4 is 0 Å². The Morgan fingerprint density at radius 3 is 1.05 bits per heavy atom. The van der Waals surface area contributed by atoms with E-state index in [0.717, 1.165) is 0 Å². The van der Waals surface area contributed by atoms with Gasteiger partial charge in [0, 0.05) is 0 Å². The monoisotopic (exact) mass is 836 g/mol. The van der Waals surface area contributed by atoms with Crippen LogP contribution in [-0.2, 0) is 0 Å². The summed E-state index contributed by atoms with van der Waals surface area (Å²) in [5.74, 6) is 0. The van der Waals surface area contributed by atoms with Gasteiger partial charge in [0.25, 0.3) is 0 Å². The van der Waals surface area contributed by atoms with E-state index in [1.807, 2.05) is 0 Å². The molecule has 13 rings (SSSR count). The topological polar surface area (TPSA) is 0 Å². The third-order valence-electron chi connectivity index (χ3n) is 13.0. The summed E-state index contributed by atoms with van der Waals surface area (Å²) in [6.45, 7) is 0. The second-order valence-corrected chi connectivity index (χ2v) is 18.4. The summed E-state index contributed by atoms with van der Waals surface area (Å²) in [5.41, 5.74) is 10.5. The Hall–Kier alpha value is -7.28. The number of benzene rings is 12. The predicted octanol–water partition coefficient (Wildman–Crippen LogP) is 16.6. The molecule has 282 valence electrons. The number of rotatable bonds is 4. The van der Waals surface area contributed by atoms with E-state index in [1.165, 1.54) is 128 Å². The Balaban J connectivity index is 1.05. The van der Waals surface area contributed by atoms with Crippen LogP contribution in [0.3, 0.4) is 0 Å². The van der Waals surface area contributed by atoms with E-state index in [4.69, 9.17) is 0 Å². The van der Waals surface area contributed by atoms with Crippen molar-refractivity contribution in [3.8, 4) is 44.5 Å². The molecule has 1 heteroatoms. The summed E-state index contributed by atoms with van der Waals surface area (Å²) in [6, 6.07) is 81.6. The first-order chi connectivity index (χ1) is 30.3. The van der Waals surface area contributed by atoms with Crippen molar-refractivity contribution < 1.29 is 0 Å². The van der Waals surface area contributed by atoms with Crippen LogP contribution in [0.15, 0.2) is 218 Å². The van der Waals surface area contributed by atoms with Crippen molar-refractivity contribution >= 4 is 98.4 Å². The normalized spacial score (nSPS) is 11.9. The summed E-state index contributed by atoms with van der Waals surface area (Å²) in [5, 5.41) is 18.2. The summed E-state index contributed by atoms with van der Waals surface area (Å²) < 4.78 is 2.91. The first-order valence-electron chi connectivity index (χ1n) is 21.1. The van der Waals surface area contributed by atoms with Gasteiger partial charge in [-0.2, -0.15) is 0 Å². The molecular weight excluding hydrogens is 800 g/mol. The summed E-state index contributed by atoms with van der Waals surface area (Å²) in [4.78, 5) is 0. The van der Waals surface area contributed by atoms with E-state index in [0.29, 0.717) is 0 Å². The first-order valence-corrected chi connectivity index (χ1v) is 22.8. The molecule has 0 aliphatic rings. The van der Waals surface area contributed by atoms with Gasteiger partial charge in [0.05, 0.1) is 0 Å². The Kier molecular flexibility index (Phi) is 7.72. The third kappa shape index (κ3) is 5.19. The zero-order valence-electron chi connectivity index (χ0n) is 33.2. The summed E-state index contributed by atoms with van der Waals surface area (Å²) in [7, 11) is 0. The van der Waals surface area contributed by atoms with Crippen LogP contribution in [0.5, 0.6) is 0 Å². The minimum atomic E-state index is 0.0995. The average molecular weight is 836 g/mol. The van der Waals surface area contributed by atoms with Gasteiger partial charge in [-0.05, 0) is 0 Å². The SMILES string of the molecule is c1ccc2c(-c3c4ccccc4c(-c4ccc5c(c4)[se]c4c(-c6c7ccccc7c(-c7cccc8ccccc78)c7ccccc67)cccc45)c4ccccc34)cccc2c1. The van der Waals surface area contributed by atoms with Crippen LogP contribution in [0, 0.1) is 0 Å². The molecule has 0 saturated heterocycles. The van der Waals surface area contributed by atoms with E-state index >= 15 is 0 Å². The molecule has 0 aliphatic heterocycles. The van der Waals surface area contributed by atoms with E-state index in [1.54, 1.807) is 0 Å². The van der Waals surface area contributed by atoms with Gasteiger partial charge < -0.3 is 0 Å². The Morgan fingerprint density at radius 1 is 0.230 bits per heavy atom. The summed E-state index contributed by atoms with van der Waals surface area (Å²) in [6.07, 6.45) is 0. The molecule has 0 radical (unpaired) electrons. The zero-order chi connectivity index (χ0) is 40.0. The van der Waals surface area contributed by atoms with E-state index < -0.39 is 0 Å². The molecule has 0 nitrogen and oxygen atoms in total. The maximum atomic E-state index is 2.52. The molecular formula is C60H36Se. The molecule has 0 fully saturated rings. The maximum absolute atomic E-state index is 2.52. The van der Waals surface area contributed by atoms with Crippen LogP contribution in [0.2, 0.25) is 0 Å². The van der Waals surface area contributed by atoms with Gasteiger partial charge in [-0.3, -0.25) is 0 Å². The molecule has 0 N–H and O–H groups in total. The molecule has 1 heterocycles. The van der Waals surface area contributed by atoms with E-state index in [9.17, 15) is 0 Å². The van der Waals surface area contributed by atoms with Gasteiger partial charge in [0.1, 0.15) is 0 Å². The molecule has 1 aromatic heterocycles. The number of hydrogen-bond donors (Lipinski definition) is 0. The molecule has 0 bridgehead atoms. The van der Waals surface area contributed by atoms with Crippen LogP contribution >= 0.6 is 0 Å². The van der Waals surface area contributed by atoms with Crippen molar-refractivity contribution in [2.75, 3.05) is 0 Å². The molecule has 0 aliphatic carbocycles. The van der Waals surface area contributed by atoms with Crippen molar-refractivity contribution in [2.24, 2.45) is 0 Å². The molecule has 0 unspecified atom stereocenters. The van der Waals surface area contributed by atoms with Gasteiger partial charge in [0.2, 0.25) is 0 Å². The van der Waals surface area contributed by atoms with Crippen LogP contribution in [0.4, 0.5) is 0 Å². The molecule has 0 amide bonds. The van der Waals surface area contributed by atoms with Gasteiger partial charge >= 0.3 is 361 Å². The van der Waals surface area contributed by atoms with Crippen molar-refractivity contribution in [3.05, 3.63) is 218 Å². The van der Waals surface area contributed by atoms with Gasteiger partial charge in [-0.15, -0.1) is 0 Å².